The van der Waals surface area contributed by atoms with E-state index in [2.05, 4.69) is 43.4 Å². The van der Waals surface area contributed by atoms with Gasteiger partial charge in [0.2, 0.25) is 0 Å². The van der Waals surface area contributed by atoms with Crippen molar-refractivity contribution < 1.29 is 9.47 Å². The largest absolute Gasteiger partial charge is 0.376 e. The van der Waals surface area contributed by atoms with E-state index in [1.165, 1.54) is 11.1 Å². The van der Waals surface area contributed by atoms with Gasteiger partial charge in [0.05, 0.1) is 25.9 Å². The average Bonchev–Trinajstić information content (AvgIpc) is 2.46. The van der Waals surface area contributed by atoms with Crippen molar-refractivity contribution in [3.8, 4) is 0 Å². The topological polar surface area (TPSA) is 30.5 Å². The number of likely N-dealkylation sites (N-methyl/N-ethyl adjacent to an activating group) is 1. The highest BCUT2D eigenvalue weighted by Crippen LogP contribution is 2.22. The van der Waals surface area contributed by atoms with Crippen LogP contribution < -0.4 is 5.32 Å². The molecule has 1 fully saturated rings. The summed E-state index contributed by atoms with van der Waals surface area (Å²) in [6.07, 6.45) is 1.18. The minimum Gasteiger partial charge on any atom is -0.376 e. The van der Waals surface area contributed by atoms with Gasteiger partial charge in [-0.15, -0.1) is 0 Å². The quantitative estimate of drug-likeness (QED) is 0.868. The van der Waals surface area contributed by atoms with E-state index in [9.17, 15) is 0 Å². The number of rotatable bonds is 5. The molecule has 0 aromatic heterocycles. The average molecular weight is 249 g/mol. The smallest absolute Gasteiger partial charge is 0.100 e. The van der Waals surface area contributed by atoms with Gasteiger partial charge in [0, 0.05) is 0 Å². The Morgan fingerprint density at radius 2 is 2.22 bits per heavy atom. The number of nitrogens with one attached hydrogen (secondary N) is 1. The fourth-order valence-corrected chi connectivity index (χ4v) is 2.39. The summed E-state index contributed by atoms with van der Waals surface area (Å²) in [7, 11) is 0. The van der Waals surface area contributed by atoms with Crippen LogP contribution in [0.3, 0.4) is 0 Å². The molecule has 1 saturated heterocycles. The maximum atomic E-state index is 5.83. The van der Waals surface area contributed by atoms with Gasteiger partial charge in [-0.1, -0.05) is 38.1 Å². The summed E-state index contributed by atoms with van der Waals surface area (Å²) in [4.78, 5) is 0. The van der Waals surface area contributed by atoms with Crippen molar-refractivity contribution >= 4 is 0 Å². The lowest BCUT2D eigenvalue weighted by molar-refractivity contribution is -0.102. The number of benzene rings is 1. The molecular formula is C15H23NO2. The van der Waals surface area contributed by atoms with Crippen molar-refractivity contribution in [1.82, 2.24) is 5.32 Å². The predicted octanol–water partition coefficient (Wildman–Crippen LogP) is 2.32. The number of hydrogen-bond acceptors (Lipinski definition) is 3. The van der Waals surface area contributed by atoms with E-state index in [1.54, 1.807) is 0 Å². The summed E-state index contributed by atoms with van der Waals surface area (Å²) in [5.74, 6) is 0. The van der Waals surface area contributed by atoms with Crippen LogP contribution in [-0.4, -0.2) is 32.5 Å². The first-order valence-electron chi connectivity index (χ1n) is 6.86. The third-order valence-electron chi connectivity index (χ3n) is 3.36. The zero-order chi connectivity index (χ0) is 12.8. The number of ether oxygens (including phenoxy) is 2. The first-order chi connectivity index (χ1) is 8.85. The molecule has 0 spiro atoms. The lowest BCUT2D eigenvalue weighted by atomic mass is 9.98. The number of hydrogen-bond donors (Lipinski definition) is 1. The zero-order valence-electron chi connectivity index (χ0n) is 11.3. The van der Waals surface area contributed by atoms with Gasteiger partial charge in [0.25, 0.3) is 0 Å². The predicted molar refractivity (Wildman–Crippen MR) is 72.8 cm³/mol. The molecule has 2 atom stereocenters. The molecule has 0 bridgehead atoms. The fraction of sp³-hybridized carbons (Fsp3) is 0.600. The molecule has 3 heteroatoms. The Morgan fingerprint density at radius 1 is 1.33 bits per heavy atom. The Morgan fingerprint density at radius 3 is 2.89 bits per heavy atom. The molecule has 0 aliphatic carbocycles. The number of aryl methyl sites for hydroxylation is 1. The molecule has 0 saturated carbocycles. The second-order valence-electron chi connectivity index (χ2n) is 4.62. The molecule has 1 heterocycles. The van der Waals surface area contributed by atoms with Crippen LogP contribution in [0, 0.1) is 0 Å². The van der Waals surface area contributed by atoms with Crippen molar-refractivity contribution in [2.75, 3.05) is 26.4 Å². The second kappa shape index (κ2) is 6.88. The van der Waals surface area contributed by atoms with Gasteiger partial charge >= 0.3 is 0 Å². The third-order valence-corrected chi connectivity index (χ3v) is 3.36. The minimum absolute atomic E-state index is 0.116. The fourth-order valence-electron chi connectivity index (χ4n) is 2.39. The van der Waals surface area contributed by atoms with Crippen LogP contribution in [0.5, 0.6) is 0 Å². The summed E-state index contributed by atoms with van der Waals surface area (Å²) in [6, 6.07) is 8.96. The Labute approximate surface area is 109 Å². The van der Waals surface area contributed by atoms with Gasteiger partial charge in [-0.05, 0) is 24.1 Å². The Bertz CT molecular complexity index is 361. The van der Waals surface area contributed by atoms with Crippen LogP contribution in [0.4, 0.5) is 0 Å². The van der Waals surface area contributed by atoms with Crippen LogP contribution in [0.2, 0.25) is 0 Å². The van der Waals surface area contributed by atoms with Gasteiger partial charge in [0.1, 0.15) is 6.10 Å². The Kier molecular flexibility index (Phi) is 5.17. The second-order valence-corrected chi connectivity index (χ2v) is 4.62. The van der Waals surface area contributed by atoms with Crippen LogP contribution in [-0.2, 0) is 15.9 Å². The van der Waals surface area contributed by atoms with E-state index in [-0.39, 0.29) is 12.1 Å². The Hall–Kier alpha value is -0.900. The van der Waals surface area contributed by atoms with Gasteiger partial charge in [0.15, 0.2) is 0 Å². The standard InChI is InChI=1S/C15H23NO2/c1-3-12-6-5-7-13(10-12)15(16-4-2)14-11-17-8-9-18-14/h5-7,10,14-16H,3-4,8-9,11H2,1-2H3. The maximum Gasteiger partial charge on any atom is 0.100 e. The van der Waals surface area contributed by atoms with Crippen molar-refractivity contribution in [3.63, 3.8) is 0 Å². The lowest BCUT2D eigenvalue weighted by Crippen LogP contribution is -2.40. The lowest BCUT2D eigenvalue weighted by Gasteiger charge is -2.31. The van der Waals surface area contributed by atoms with Crippen LogP contribution in [0.25, 0.3) is 0 Å². The van der Waals surface area contributed by atoms with Crippen molar-refractivity contribution in [3.05, 3.63) is 35.4 Å². The van der Waals surface area contributed by atoms with Crippen LogP contribution in [0.15, 0.2) is 24.3 Å². The van der Waals surface area contributed by atoms with Gasteiger partial charge < -0.3 is 14.8 Å². The first kappa shape index (κ1) is 13.5. The maximum absolute atomic E-state index is 5.83. The summed E-state index contributed by atoms with van der Waals surface area (Å²) in [5.41, 5.74) is 2.67. The highest BCUT2D eigenvalue weighted by molar-refractivity contribution is 5.27. The van der Waals surface area contributed by atoms with Crippen molar-refractivity contribution in [1.29, 1.82) is 0 Å². The molecule has 1 aromatic rings. The van der Waals surface area contributed by atoms with E-state index in [0.29, 0.717) is 19.8 Å². The van der Waals surface area contributed by atoms with E-state index in [0.717, 1.165) is 13.0 Å². The summed E-state index contributed by atoms with van der Waals surface area (Å²) in [6.45, 7) is 7.32. The van der Waals surface area contributed by atoms with Crippen LogP contribution in [0.1, 0.15) is 31.0 Å². The normalized spacial score (nSPS) is 21.8. The van der Waals surface area contributed by atoms with E-state index < -0.39 is 0 Å². The molecule has 1 N–H and O–H groups in total. The minimum atomic E-state index is 0.116. The van der Waals surface area contributed by atoms with Crippen LogP contribution >= 0.6 is 0 Å². The van der Waals surface area contributed by atoms with Crippen molar-refractivity contribution in [2.24, 2.45) is 0 Å². The molecule has 3 nitrogen and oxygen atoms in total. The monoisotopic (exact) mass is 249 g/mol. The third kappa shape index (κ3) is 3.31. The van der Waals surface area contributed by atoms with Gasteiger partial charge in [-0.2, -0.15) is 0 Å². The molecule has 1 aliphatic heterocycles. The summed E-state index contributed by atoms with van der Waals surface area (Å²) >= 11 is 0. The molecule has 2 rings (SSSR count). The Balaban J connectivity index is 2.16. The molecule has 0 radical (unpaired) electrons. The molecule has 0 amide bonds. The van der Waals surface area contributed by atoms with E-state index in [1.807, 2.05) is 0 Å². The highest BCUT2D eigenvalue weighted by Gasteiger charge is 2.25. The molecule has 18 heavy (non-hydrogen) atoms. The summed E-state index contributed by atoms with van der Waals surface area (Å²) in [5, 5.41) is 3.51. The van der Waals surface area contributed by atoms with E-state index in [4.69, 9.17) is 9.47 Å². The molecular weight excluding hydrogens is 226 g/mol. The zero-order valence-corrected chi connectivity index (χ0v) is 11.3. The first-order valence-corrected chi connectivity index (χ1v) is 6.86. The van der Waals surface area contributed by atoms with Gasteiger partial charge in [-0.25, -0.2) is 0 Å². The van der Waals surface area contributed by atoms with Gasteiger partial charge in [-0.3, -0.25) is 0 Å². The summed E-state index contributed by atoms with van der Waals surface area (Å²) < 4.78 is 11.4. The SMILES string of the molecule is CCNC(c1cccc(CC)c1)C1COCCO1. The molecule has 1 aromatic carbocycles. The molecule has 1 aliphatic rings. The highest BCUT2D eigenvalue weighted by atomic mass is 16.6. The molecule has 100 valence electrons. The molecule has 2 unspecified atom stereocenters. The van der Waals surface area contributed by atoms with E-state index >= 15 is 0 Å². The van der Waals surface area contributed by atoms with Crippen molar-refractivity contribution in [2.45, 2.75) is 32.4 Å².